The van der Waals surface area contributed by atoms with Gasteiger partial charge in [-0.3, -0.25) is 19.4 Å². The van der Waals surface area contributed by atoms with E-state index in [1.54, 1.807) is 24.3 Å². The van der Waals surface area contributed by atoms with Crippen molar-refractivity contribution in [1.29, 1.82) is 0 Å². The van der Waals surface area contributed by atoms with Crippen LogP contribution < -0.4 is 10.9 Å². The maximum Gasteiger partial charge on any atom is 0.274 e. The van der Waals surface area contributed by atoms with Gasteiger partial charge in [-0.1, -0.05) is 32.5 Å². The molecular weight excluding hydrogens is 380 g/mol. The van der Waals surface area contributed by atoms with Crippen molar-refractivity contribution in [3.8, 4) is 0 Å². The number of amides is 1. The lowest BCUT2D eigenvalue weighted by atomic mass is 9.93. The van der Waals surface area contributed by atoms with Crippen molar-refractivity contribution in [3.63, 3.8) is 0 Å². The van der Waals surface area contributed by atoms with Crippen LogP contribution in [0, 0.1) is 0 Å². The van der Waals surface area contributed by atoms with E-state index < -0.39 is 5.41 Å². The number of carbonyl (C=O) groups is 2. The summed E-state index contributed by atoms with van der Waals surface area (Å²) >= 11 is 1.16. The molecule has 0 radical (unpaired) electrons. The highest BCUT2D eigenvalue weighted by atomic mass is 32.2. The quantitative estimate of drug-likeness (QED) is 0.496. The normalized spacial score (nSPS) is 11.6. The Labute approximate surface area is 164 Å². The summed E-state index contributed by atoms with van der Waals surface area (Å²) in [6, 6.07) is 6.66. The molecule has 0 atom stereocenters. The largest absolute Gasteiger partial charge is 0.325 e. The second-order valence-electron chi connectivity index (χ2n) is 7.24. The van der Waals surface area contributed by atoms with Gasteiger partial charge in [0.05, 0.1) is 5.75 Å². The lowest BCUT2D eigenvalue weighted by Gasteiger charge is -2.15. The van der Waals surface area contributed by atoms with Crippen LogP contribution in [0.25, 0.3) is 5.78 Å². The van der Waals surface area contributed by atoms with Crippen LogP contribution in [0.1, 0.15) is 43.7 Å². The summed E-state index contributed by atoms with van der Waals surface area (Å²) in [5, 5.41) is 15.4. The Bertz CT molecular complexity index is 1100. The molecule has 3 rings (SSSR count). The summed E-state index contributed by atoms with van der Waals surface area (Å²) in [4.78, 5) is 38.3. The Balaban J connectivity index is 1.71. The van der Waals surface area contributed by atoms with Gasteiger partial charge in [0, 0.05) is 16.7 Å². The van der Waals surface area contributed by atoms with E-state index in [2.05, 4.69) is 25.6 Å². The molecular formula is C18H20N6O3S. The van der Waals surface area contributed by atoms with E-state index in [1.807, 2.05) is 20.8 Å². The number of nitrogens with zero attached hydrogens (tertiary/aromatic N) is 4. The summed E-state index contributed by atoms with van der Waals surface area (Å²) in [6.45, 7) is 7.15. The first-order valence-electron chi connectivity index (χ1n) is 8.55. The second kappa shape index (κ2) is 7.55. The van der Waals surface area contributed by atoms with Gasteiger partial charge < -0.3 is 5.32 Å². The van der Waals surface area contributed by atoms with Crippen LogP contribution in [-0.2, 0) is 10.2 Å². The highest BCUT2D eigenvalue weighted by molar-refractivity contribution is 7.99. The molecule has 2 aromatic heterocycles. The summed E-state index contributed by atoms with van der Waals surface area (Å²) < 4.78 is 1.43. The Morgan fingerprint density at radius 2 is 1.86 bits per heavy atom. The summed E-state index contributed by atoms with van der Waals surface area (Å²) in [5.74, 6) is 0.0341. The molecule has 28 heavy (non-hydrogen) atoms. The molecule has 0 saturated carbocycles. The molecule has 1 amide bonds. The molecule has 0 fully saturated rings. The first-order chi connectivity index (χ1) is 13.1. The van der Waals surface area contributed by atoms with Crippen LogP contribution in [0.15, 0.2) is 34.2 Å². The molecule has 0 spiro atoms. The molecule has 0 aliphatic rings. The Hall–Kier alpha value is -3.01. The fourth-order valence-corrected chi connectivity index (χ4v) is 3.12. The number of Topliss-reactive ketones (excluding diaryl/α,β-unsaturated/α-hetero) is 1. The lowest BCUT2D eigenvalue weighted by molar-refractivity contribution is -0.113. The molecule has 2 heterocycles. The summed E-state index contributed by atoms with van der Waals surface area (Å²) in [5.41, 5.74) is 0.778. The highest BCUT2D eigenvalue weighted by Gasteiger charge is 2.22. The fraction of sp³-hybridized carbons (Fsp3) is 0.333. The Morgan fingerprint density at radius 1 is 1.18 bits per heavy atom. The average molecular weight is 400 g/mol. The van der Waals surface area contributed by atoms with Crippen LogP contribution in [0.3, 0.4) is 0 Å². The van der Waals surface area contributed by atoms with E-state index in [0.717, 1.165) is 11.8 Å². The number of hydrogen-bond donors (Lipinski definition) is 2. The minimum atomic E-state index is -0.447. The van der Waals surface area contributed by atoms with Gasteiger partial charge in [0.1, 0.15) is 5.69 Å². The van der Waals surface area contributed by atoms with Crippen LogP contribution in [0.2, 0.25) is 0 Å². The molecule has 0 bridgehead atoms. The van der Waals surface area contributed by atoms with Gasteiger partial charge in [-0.25, -0.2) is 0 Å². The van der Waals surface area contributed by atoms with E-state index >= 15 is 0 Å². The molecule has 2 N–H and O–H groups in total. The summed E-state index contributed by atoms with van der Waals surface area (Å²) in [7, 11) is 0. The minimum absolute atomic E-state index is 0.0349. The first kappa shape index (κ1) is 19.7. The molecule has 10 heteroatoms. The number of carbonyl (C=O) groups excluding carboxylic acids is 2. The number of nitrogens with one attached hydrogen (secondary N) is 2. The van der Waals surface area contributed by atoms with E-state index in [1.165, 1.54) is 11.4 Å². The third-order valence-electron chi connectivity index (χ3n) is 3.87. The topological polar surface area (TPSA) is 122 Å². The second-order valence-corrected chi connectivity index (χ2v) is 8.18. The monoisotopic (exact) mass is 400 g/mol. The number of rotatable bonds is 5. The number of benzene rings is 1. The van der Waals surface area contributed by atoms with Crippen molar-refractivity contribution in [1.82, 2.24) is 24.8 Å². The number of aromatic amines is 1. The first-order valence-corrected chi connectivity index (χ1v) is 9.53. The standard InChI is InChI=1S/C18H20N6O3S/c1-10(25)11-5-7-12(8-6-11)19-13(26)9-28-17-22-21-16-20-15(27)14(18(2,3)4)23-24(16)17/h5-8H,9H2,1-4H3,(H,19,26)(H,20,21,27). The van der Waals surface area contributed by atoms with E-state index in [9.17, 15) is 14.4 Å². The molecule has 9 nitrogen and oxygen atoms in total. The van der Waals surface area contributed by atoms with E-state index in [-0.39, 0.29) is 28.8 Å². The number of H-pyrrole nitrogens is 1. The van der Waals surface area contributed by atoms with Gasteiger partial charge >= 0.3 is 0 Å². The van der Waals surface area contributed by atoms with Gasteiger partial charge in [-0.05, 0) is 31.2 Å². The van der Waals surface area contributed by atoms with Crippen LogP contribution in [0.5, 0.6) is 0 Å². The predicted octanol–water partition coefficient (Wildman–Crippen LogP) is 2.04. The Kier molecular flexibility index (Phi) is 5.32. The summed E-state index contributed by atoms with van der Waals surface area (Å²) in [6.07, 6.45) is 0. The zero-order valence-corrected chi connectivity index (χ0v) is 16.8. The molecule has 0 unspecified atom stereocenters. The van der Waals surface area contributed by atoms with Gasteiger partial charge in [0.2, 0.25) is 11.1 Å². The fourth-order valence-electron chi connectivity index (χ4n) is 2.44. The van der Waals surface area contributed by atoms with Crippen molar-refractivity contribution >= 4 is 34.9 Å². The van der Waals surface area contributed by atoms with Crippen molar-refractivity contribution in [2.75, 3.05) is 11.1 Å². The zero-order valence-electron chi connectivity index (χ0n) is 15.9. The van der Waals surface area contributed by atoms with Crippen molar-refractivity contribution in [2.45, 2.75) is 38.3 Å². The Morgan fingerprint density at radius 3 is 2.46 bits per heavy atom. The van der Waals surface area contributed by atoms with E-state index in [4.69, 9.17) is 0 Å². The molecule has 1 aromatic carbocycles. The number of anilines is 1. The van der Waals surface area contributed by atoms with Crippen LogP contribution in [0.4, 0.5) is 5.69 Å². The van der Waals surface area contributed by atoms with Gasteiger partial charge in [-0.15, -0.1) is 10.2 Å². The number of thioether (sulfide) groups is 1. The number of hydrogen-bond acceptors (Lipinski definition) is 7. The third-order valence-corrected chi connectivity index (χ3v) is 4.79. The molecule has 0 saturated heterocycles. The van der Waals surface area contributed by atoms with Crippen molar-refractivity contribution in [3.05, 3.63) is 45.9 Å². The van der Waals surface area contributed by atoms with E-state index in [0.29, 0.717) is 22.1 Å². The SMILES string of the molecule is CC(=O)c1ccc(NC(=O)CSc2nnc3[nH]c(=O)c(C(C)(C)C)nn23)cc1. The van der Waals surface area contributed by atoms with Crippen LogP contribution >= 0.6 is 11.8 Å². The molecule has 3 aromatic rings. The number of ketones is 1. The maximum absolute atomic E-state index is 12.2. The third kappa shape index (κ3) is 4.28. The maximum atomic E-state index is 12.2. The average Bonchev–Trinajstić information content (AvgIpc) is 3.00. The van der Waals surface area contributed by atoms with Gasteiger partial charge in [0.25, 0.3) is 11.3 Å². The molecule has 0 aliphatic carbocycles. The van der Waals surface area contributed by atoms with Gasteiger partial charge in [0.15, 0.2) is 5.78 Å². The molecule has 0 aliphatic heterocycles. The van der Waals surface area contributed by atoms with Gasteiger partial charge in [-0.2, -0.15) is 9.61 Å². The van der Waals surface area contributed by atoms with Crippen molar-refractivity contribution < 1.29 is 9.59 Å². The van der Waals surface area contributed by atoms with Crippen molar-refractivity contribution in [2.24, 2.45) is 0 Å². The minimum Gasteiger partial charge on any atom is -0.325 e. The number of fused-ring (bicyclic) bond motifs is 1. The number of aromatic nitrogens is 5. The molecule has 146 valence electrons. The predicted molar refractivity (Wildman–Crippen MR) is 106 cm³/mol. The smallest absolute Gasteiger partial charge is 0.274 e. The zero-order chi connectivity index (χ0) is 20.5. The lowest BCUT2D eigenvalue weighted by Crippen LogP contribution is -2.28. The van der Waals surface area contributed by atoms with Crippen LogP contribution in [-0.4, -0.2) is 42.2 Å². The highest BCUT2D eigenvalue weighted by Crippen LogP contribution is 2.19.